The zero-order chi connectivity index (χ0) is 18.8. The standard InChI is InChI=1S/C20H13NO5/c1-11-9-17(23)26-19-15(11)7-8-16(18(19)12(2)22)25-20(24)14-5-3-13(10-21)4-6-14/h3-9H,1-2H3. The summed E-state index contributed by atoms with van der Waals surface area (Å²) in [5.41, 5.74) is 0.827. The first kappa shape index (κ1) is 17.1. The monoisotopic (exact) mass is 347 g/mol. The van der Waals surface area contributed by atoms with Gasteiger partial charge in [-0.1, -0.05) is 0 Å². The fraction of sp³-hybridized carbons (Fsp3) is 0.100. The number of carbonyl (C=O) groups excluding carboxylic acids is 2. The van der Waals surface area contributed by atoms with Gasteiger partial charge in [0.05, 0.1) is 17.2 Å². The van der Waals surface area contributed by atoms with Gasteiger partial charge >= 0.3 is 11.6 Å². The molecule has 1 aromatic heterocycles. The molecule has 1 heterocycles. The fourth-order valence-electron chi connectivity index (χ4n) is 2.62. The van der Waals surface area contributed by atoms with Crippen molar-refractivity contribution in [2.45, 2.75) is 13.8 Å². The molecule has 0 aliphatic carbocycles. The van der Waals surface area contributed by atoms with Gasteiger partial charge in [0.25, 0.3) is 0 Å². The molecule has 0 amide bonds. The number of hydrogen-bond donors (Lipinski definition) is 0. The van der Waals surface area contributed by atoms with Crippen molar-refractivity contribution in [2.24, 2.45) is 0 Å². The van der Waals surface area contributed by atoms with Gasteiger partial charge in [0, 0.05) is 11.5 Å². The van der Waals surface area contributed by atoms with Gasteiger partial charge in [0.2, 0.25) is 0 Å². The van der Waals surface area contributed by atoms with E-state index in [-0.39, 0.29) is 22.5 Å². The van der Waals surface area contributed by atoms with Crippen molar-refractivity contribution in [1.82, 2.24) is 0 Å². The number of Topliss-reactive ketones (excluding diaryl/α,β-unsaturated/α-hetero) is 1. The molecule has 0 aliphatic heterocycles. The Morgan fingerprint density at radius 2 is 1.81 bits per heavy atom. The van der Waals surface area contributed by atoms with Gasteiger partial charge in [-0.3, -0.25) is 4.79 Å². The zero-order valence-electron chi connectivity index (χ0n) is 14.0. The average molecular weight is 347 g/mol. The fourth-order valence-corrected chi connectivity index (χ4v) is 2.62. The molecular weight excluding hydrogens is 334 g/mol. The topological polar surface area (TPSA) is 97.4 Å². The third-order valence-corrected chi connectivity index (χ3v) is 3.89. The molecule has 26 heavy (non-hydrogen) atoms. The molecular formula is C20H13NO5. The van der Waals surface area contributed by atoms with Crippen LogP contribution in [0.15, 0.2) is 51.7 Å². The van der Waals surface area contributed by atoms with Crippen LogP contribution >= 0.6 is 0 Å². The van der Waals surface area contributed by atoms with Crippen molar-refractivity contribution in [1.29, 1.82) is 5.26 Å². The van der Waals surface area contributed by atoms with Crippen LogP contribution in [0.2, 0.25) is 0 Å². The van der Waals surface area contributed by atoms with Gasteiger partial charge in [-0.05, 0) is 55.8 Å². The molecule has 128 valence electrons. The third-order valence-electron chi connectivity index (χ3n) is 3.89. The number of nitriles is 1. The molecule has 2 aromatic carbocycles. The molecule has 0 N–H and O–H groups in total. The summed E-state index contributed by atoms with van der Waals surface area (Å²) < 4.78 is 10.5. The molecule has 6 nitrogen and oxygen atoms in total. The molecule has 0 spiro atoms. The van der Waals surface area contributed by atoms with E-state index in [1.54, 1.807) is 13.0 Å². The lowest BCUT2D eigenvalue weighted by molar-refractivity contribution is 0.0733. The van der Waals surface area contributed by atoms with Crippen LogP contribution in [0.4, 0.5) is 0 Å². The number of fused-ring (bicyclic) bond motifs is 1. The van der Waals surface area contributed by atoms with E-state index in [4.69, 9.17) is 14.4 Å². The quantitative estimate of drug-likeness (QED) is 0.312. The Kier molecular flexibility index (Phi) is 4.38. The van der Waals surface area contributed by atoms with Gasteiger partial charge in [0.15, 0.2) is 11.4 Å². The van der Waals surface area contributed by atoms with E-state index in [0.717, 1.165) is 0 Å². The number of esters is 1. The Labute approximate surface area is 148 Å². The van der Waals surface area contributed by atoms with E-state index in [1.165, 1.54) is 43.3 Å². The summed E-state index contributed by atoms with van der Waals surface area (Å²) in [6.07, 6.45) is 0. The van der Waals surface area contributed by atoms with Gasteiger partial charge < -0.3 is 9.15 Å². The minimum atomic E-state index is -0.689. The minimum Gasteiger partial charge on any atom is -0.422 e. The second-order valence-corrected chi connectivity index (χ2v) is 5.70. The van der Waals surface area contributed by atoms with E-state index < -0.39 is 17.4 Å². The first-order valence-electron chi connectivity index (χ1n) is 7.71. The number of aryl methyl sites for hydroxylation is 1. The lowest BCUT2D eigenvalue weighted by atomic mass is 10.0. The number of ether oxygens (including phenoxy) is 1. The Bertz CT molecular complexity index is 1130. The molecule has 0 saturated carbocycles. The predicted molar refractivity (Wildman–Crippen MR) is 93.3 cm³/mol. The highest BCUT2D eigenvalue weighted by molar-refractivity contribution is 6.08. The summed E-state index contributed by atoms with van der Waals surface area (Å²) in [5.74, 6) is -1.08. The van der Waals surface area contributed by atoms with E-state index in [0.29, 0.717) is 16.5 Å². The lowest BCUT2D eigenvalue weighted by Gasteiger charge is -2.11. The largest absolute Gasteiger partial charge is 0.422 e. The Morgan fingerprint density at radius 1 is 1.12 bits per heavy atom. The Hall–Kier alpha value is -3.72. The Balaban J connectivity index is 2.08. The first-order chi connectivity index (χ1) is 12.4. The number of benzene rings is 2. The summed E-state index contributed by atoms with van der Waals surface area (Å²) >= 11 is 0. The van der Waals surface area contributed by atoms with Crippen LogP contribution in [0.1, 0.15) is 38.8 Å². The first-order valence-corrected chi connectivity index (χ1v) is 7.71. The van der Waals surface area contributed by atoms with Crippen LogP contribution in [-0.4, -0.2) is 11.8 Å². The maximum Gasteiger partial charge on any atom is 0.343 e. The molecule has 3 aromatic rings. The number of nitrogens with zero attached hydrogens (tertiary/aromatic N) is 1. The highest BCUT2D eigenvalue weighted by Crippen LogP contribution is 2.30. The van der Waals surface area contributed by atoms with Crippen LogP contribution in [0.5, 0.6) is 5.75 Å². The second-order valence-electron chi connectivity index (χ2n) is 5.70. The third kappa shape index (κ3) is 3.10. The van der Waals surface area contributed by atoms with Gasteiger partial charge in [-0.2, -0.15) is 5.26 Å². The highest BCUT2D eigenvalue weighted by atomic mass is 16.5. The summed E-state index contributed by atoms with van der Waals surface area (Å²) in [6.45, 7) is 3.03. The van der Waals surface area contributed by atoms with Crippen LogP contribution in [0, 0.1) is 18.3 Å². The van der Waals surface area contributed by atoms with Crippen LogP contribution in [0.3, 0.4) is 0 Å². The normalized spacial score (nSPS) is 10.3. The van der Waals surface area contributed by atoms with E-state index >= 15 is 0 Å². The van der Waals surface area contributed by atoms with Crippen LogP contribution in [-0.2, 0) is 0 Å². The van der Waals surface area contributed by atoms with Crippen molar-refractivity contribution in [2.75, 3.05) is 0 Å². The summed E-state index contributed by atoms with van der Waals surface area (Å²) in [6, 6.07) is 12.3. The number of hydrogen-bond acceptors (Lipinski definition) is 6. The molecule has 0 saturated heterocycles. The summed E-state index contributed by atoms with van der Waals surface area (Å²) in [4.78, 5) is 36.1. The summed E-state index contributed by atoms with van der Waals surface area (Å²) in [5, 5.41) is 9.40. The van der Waals surface area contributed by atoms with E-state index in [2.05, 4.69) is 0 Å². The smallest absolute Gasteiger partial charge is 0.343 e. The van der Waals surface area contributed by atoms with Crippen LogP contribution in [0.25, 0.3) is 11.0 Å². The van der Waals surface area contributed by atoms with Gasteiger partial charge in [-0.25, -0.2) is 9.59 Å². The molecule has 0 fully saturated rings. The average Bonchev–Trinajstić information content (AvgIpc) is 2.60. The van der Waals surface area contributed by atoms with E-state index in [1.807, 2.05) is 6.07 Å². The predicted octanol–water partition coefficient (Wildman–Crippen LogP) is 3.39. The second kappa shape index (κ2) is 6.65. The molecule has 0 aliphatic rings. The lowest BCUT2D eigenvalue weighted by Crippen LogP contribution is -2.12. The number of rotatable bonds is 3. The van der Waals surface area contributed by atoms with Crippen molar-refractivity contribution in [3.8, 4) is 11.8 Å². The van der Waals surface area contributed by atoms with Crippen molar-refractivity contribution in [3.63, 3.8) is 0 Å². The van der Waals surface area contributed by atoms with Crippen molar-refractivity contribution in [3.05, 3.63) is 75.1 Å². The number of carbonyl (C=O) groups is 2. The van der Waals surface area contributed by atoms with Crippen molar-refractivity contribution < 1.29 is 18.7 Å². The van der Waals surface area contributed by atoms with Gasteiger partial charge in [-0.15, -0.1) is 0 Å². The number of ketones is 1. The molecule has 6 heteroatoms. The molecule has 0 radical (unpaired) electrons. The highest BCUT2D eigenvalue weighted by Gasteiger charge is 2.20. The van der Waals surface area contributed by atoms with Crippen molar-refractivity contribution >= 4 is 22.7 Å². The minimum absolute atomic E-state index is 0.00751. The molecule has 3 rings (SSSR count). The maximum atomic E-state index is 12.3. The SMILES string of the molecule is CC(=O)c1c(OC(=O)c2ccc(C#N)cc2)ccc2c(C)cc(=O)oc12. The van der Waals surface area contributed by atoms with Gasteiger partial charge in [0.1, 0.15) is 11.3 Å². The molecule has 0 atom stereocenters. The zero-order valence-corrected chi connectivity index (χ0v) is 14.0. The molecule has 0 unspecified atom stereocenters. The molecule has 0 bridgehead atoms. The summed E-state index contributed by atoms with van der Waals surface area (Å²) in [7, 11) is 0. The van der Waals surface area contributed by atoms with E-state index in [9.17, 15) is 14.4 Å². The maximum absolute atomic E-state index is 12.3. The Morgan fingerprint density at radius 3 is 2.42 bits per heavy atom. The van der Waals surface area contributed by atoms with Crippen LogP contribution < -0.4 is 10.4 Å².